The second-order valence-electron chi connectivity index (χ2n) is 8.72. The van der Waals surface area contributed by atoms with Gasteiger partial charge in [0.15, 0.2) is 5.11 Å². The molecule has 0 fully saturated rings. The van der Waals surface area contributed by atoms with E-state index >= 15 is 0 Å². The monoisotopic (exact) mass is 437 g/mol. The molecule has 0 saturated carbocycles. The Morgan fingerprint density at radius 3 is 2.10 bits per heavy atom. The summed E-state index contributed by atoms with van der Waals surface area (Å²) in [4.78, 5) is 2.07. The van der Waals surface area contributed by atoms with Crippen LogP contribution in [0.5, 0.6) is 0 Å². The highest BCUT2D eigenvalue weighted by molar-refractivity contribution is 7.80. The highest BCUT2D eigenvalue weighted by Crippen LogP contribution is 2.47. The summed E-state index contributed by atoms with van der Waals surface area (Å²) in [5.41, 5.74) is 1.58. The number of hydrogen-bond acceptors (Lipinski definition) is 3. The zero-order valence-electron chi connectivity index (χ0n) is 17.6. The van der Waals surface area contributed by atoms with Crippen LogP contribution in [0.4, 0.5) is 30.2 Å². The number of benzene rings is 2. The molecule has 3 N–H and O–H groups in total. The number of aliphatic hydroxyl groups is 1. The van der Waals surface area contributed by atoms with Crippen molar-refractivity contribution in [3.05, 3.63) is 53.6 Å². The maximum absolute atomic E-state index is 12.7. The van der Waals surface area contributed by atoms with Crippen molar-refractivity contribution in [2.45, 2.75) is 50.9 Å². The SMILES string of the molecule is CN1c2ccc(NC(=S)Nc3ccc(C(F)(F)F)cc3)cc2C(C)(C)C(O)C1(C)C. The van der Waals surface area contributed by atoms with Crippen LogP contribution in [0.3, 0.4) is 0 Å². The van der Waals surface area contributed by atoms with Gasteiger partial charge in [0.05, 0.1) is 17.2 Å². The summed E-state index contributed by atoms with van der Waals surface area (Å²) in [7, 11) is 1.96. The minimum absolute atomic E-state index is 0.262. The third-order valence-corrected chi connectivity index (χ3v) is 6.20. The molecule has 1 heterocycles. The van der Waals surface area contributed by atoms with E-state index < -0.39 is 28.8 Å². The quantitative estimate of drug-likeness (QED) is 0.551. The van der Waals surface area contributed by atoms with Crippen LogP contribution in [0.15, 0.2) is 42.5 Å². The molecule has 0 radical (unpaired) electrons. The number of nitrogens with one attached hydrogen (secondary N) is 2. The minimum atomic E-state index is -4.38. The smallest absolute Gasteiger partial charge is 0.390 e. The summed E-state index contributed by atoms with van der Waals surface area (Å²) in [6, 6.07) is 10.5. The highest BCUT2D eigenvalue weighted by atomic mass is 32.1. The van der Waals surface area contributed by atoms with Crippen LogP contribution >= 0.6 is 12.2 Å². The summed E-state index contributed by atoms with van der Waals surface area (Å²) in [5, 5.41) is 17.2. The van der Waals surface area contributed by atoms with Crippen molar-refractivity contribution >= 4 is 34.4 Å². The van der Waals surface area contributed by atoms with Gasteiger partial charge in [-0.15, -0.1) is 0 Å². The van der Waals surface area contributed by atoms with Crippen molar-refractivity contribution in [2.75, 3.05) is 22.6 Å². The Morgan fingerprint density at radius 1 is 1.00 bits per heavy atom. The fourth-order valence-corrected chi connectivity index (χ4v) is 4.22. The van der Waals surface area contributed by atoms with Crippen molar-refractivity contribution in [3.8, 4) is 0 Å². The molecule has 3 rings (SSSR count). The first-order valence-electron chi connectivity index (χ1n) is 9.56. The van der Waals surface area contributed by atoms with E-state index in [1.165, 1.54) is 12.1 Å². The molecule has 0 bridgehead atoms. The Morgan fingerprint density at radius 2 is 1.53 bits per heavy atom. The van der Waals surface area contributed by atoms with Crippen molar-refractivity contribution in [1.29, 1.82) is 0 Å². The van der Waals surface area contributed by atoms with Gasteiger partial charge >= 0.3 is 6.18 Å². The van der Waals surface area contributed by atoms with Crippen LogP contribution in [-0.2, 0) is 11.6 Å². The van der Waals surface area contributed by atoms with Gasteiger partial charge in [0.2, 0.25) is 0 Å². The van der Waals surface area contributed by atoms with E-state index in [1.54, 1.807) is 0 Å². The van der Waals surface area contributed by atoms with Gasteiger partial charge < -0.3 is 20.6 Å². The van der Waals surface area contributed by atoms with Gasteiger partial charge in [0.1, 0.15) is 0 Å². The molecule has 30 heavy (non-hydrogen) atoms. The predicted octanol–water partition coefficient (Wildman–Crippen LogP) is 5.38. The van der Waals surface area contributed by atoms with Crippen molar-refractivity contribution in [1.82, 2.24) is 0 Å². The largest absolute Gasteiger partial charge is 0.416 e. The summed E-state index contributed by atoms with van der Waals surface area (Å²) in [6.07, 6.45) is -4.96. The number of alkyl halides is 3. The molecular weight excluding hydrogens is 411 g/mol. The number of nitrogens with zero attached hydrogens (tertiary/aromatic N) is 1. The summed E-state index contributed by atoms with van der Waals surface area (Å²) in [6.45, 7) is 8.04. The molecule has 162 valence electrons. The van der Waals surface area contributed by atoms with Crippen molar-refractivity contribution in [3.63, 3.8) is 0 Å². The summed E-state index contributed by atoms with van der Waals surface area (Å²) >= 11 is 5.31. The van der Waals surface area contributed by atoms with Gasteiger partial charge in [-0.2, -0.15) is 13.2 Å². The number of halogens is 3. The maximum atomic E-state index is 12.7. The Kier molecular flexibility index (Phi) is 5.54. The topological polar surface area (TPSA) is 47.5 Å². The highest BCUT2D eigenvalue weighted by Gasteiger charge is 2.48. The second-order valence-corrected chi connectivity index (χ2v) is 9.13. The average Bonchev–Trinajstić information content (AvgIpc) is 2.65. The van der Waals surface area contributed by atoms with Crippen LogP contribution < -0.4 is 15.5 Å². The van der Waals surface area contributed by atoms with E-state index in [1.807, 2.05) is 52.9 Å². The standard InChI is InChI=1S/C22H26F3N3OS/c1-20(2)16-12-15(10-11-17(16)28(5)21(3,4)18(20)29)27-19(30)26-14-8-6-13(7-9-14)22(23,24)25/h6-12,18,29H,1-5H3,(H2,26,27,30). The molecule has 8 heteroatoms. The van der Waals surface area contributed by atoms with E-state index in [9.17, 15) is 18.3 Å². The minimum Gasteiger partial charge on any atom is -0.390 e. The first kappa shape index (κ1) is 22.4. The Labute approximate surface area is 180 Å². The molecule has 0 amide bonds. The molecule has 1 aliphatic rings. The summed E-state index contributed by atoms with van der Waals surface area (Å²) < 4.78 is 38.1. The molecule has 0 aliphatic carbocycles. The molecule has 2 aromatic carbocycles. The number of likely N-dealkylation sites (N-methyl/N-ethyl adjacent to an activating group) is 1. The fraction of sp³-hybridized carbons (Fsp3) is 0.409. The lowest BCUT2D eigenvalue weighted by atomic mass is 9.67. The third-order valence-electron chi connectivity index (χ3n) is 6.00. The molecular formula is C22H26F3N3OS. The first-order valence-corrected chi connectivity index (χ1v) is 9.97. The van der Waals surface area contributed by atoms with Gasteiger partial charge in [-0.1, -0.05) is 13.8 Å². The number of hydrogen-bond donors (Lipinski definition) is 3. The van der Waals surface area contributed by atoms with Gasteiger partial charge in [0, 0.05) is 29.5 Å². The Bertz CT molecular complexity index is 955. The maximum Gasteiger partial charge on any atom is 0.416 e. The molecule has 1 aliphatic heterocycles. The zero-order chi connectivity index (χ0) is 22.5. The van der Waals surface area contributed by atoms with Gasteiger partial charge in [0.25, 0.3) is 0 Å². The molecule has 2 aromatic rings. The van der Waals surface area contributed by atoms with Crippen LogP contribution in [-0.4, -0.2) is 28.9 Å². The third kappa shape index (κ3) is 3.98. The molecule has 4 nitrogen and oxygen atoms in total. The zero-order valence-corrected chi connectivity index (χ0v) is 18.4. The number of fused-ring (bicyclic) bond motifs is 1. The van der Waals surface area contributed by atoms with E-state index in [2.05, 4.69) is 15.5 Å². The first-order chi connectivity index (χ1) is 13.7. The molecule has 0 saturated heterocycles. The van der Waals surface area contributed by atoms with Crippen LogP contribution in [0.1, 0.15) is 38.8 Å². The number of aliphatic hydroxyl groups excluding tert-OH is 1. The second kappa shape index (κ2) is 7.42. The number of thiocarbonyl (C=S) groups is 1. The lowest BCUT2D eigenvalue weighted by Crippen LogP contribution is -2.61. The van der Waals surface area contributed by atoms with E-state index in [-0.39, 0.29) is 5.11 Å². The predicted molar refractivity (Wildman–Crippen MR) is 119 cm³/mol. The van der Waals surface area contributed by atoms with E-state index in [0.717, 1.165) is 29.1 Å². The lowest BCUT2D eigenvalue weighted by Gasteiger charge is -2.53. The molecule has 0 spiro atoms. The van der Waals surface area contributed by atoms with Crippen molar-refractivity contribution in [2.24, 2.45) is 0 Å². The lowest BCUT2D eigenvalue weighted by molar-refractivity contribution is -0.137. The average molecular weight is 438 g/mol. The molecule has 0 aromatic heterocycles. The number of anilines is 3. The van der Waals surface area contributed by atoms with E-state index in [4.69, 9.17) is 12.2 Å². The summed E-state index contributed by atoms with van der Waals surface area (Å²) in [5.74, 6) is 0. The Hall–Kier alpha value is -2.32. The van der Waals surface area contributed by atoms with Gasteiger partial charge in [-0.3, -0.25) is 0 Å². The fourth-order valence-electron chi connectivity index (χ4n) is 3.98. The Balaban J connectivity index is 1.79. The molecule has 1 unspecified atom stereocenters. The van der Waals surface area contributed by atoms with Crippen LogP contribution in [0, 0.1) is 0 Å². The number of rotatable bonds is 2. The van der Waals surface area contributed by atoms with Crippen molar-refractivity contribution < 1.29 is 18.3 Å². The van der Waals surface area contributed by atoms with Crippen LogP contribution in [0.2, 0.25) is 0 Å². The molecule has 1 atom stereocenters. The van der Waals surface area contributed by atoms with Gasteiger partial charge in [-0.05, 0) is 74.1 Å². The van der Waals surface area contributed by atoms with E-state index in [0.29, 0.717) is 5.69 Å². The van der Waals surface area contributed by atoms with Crippen LogP contribution in [0.25, 0.3) is 0 Å². The normalized spacial score (nSPS) is 19.8. The van der Waals surface area contributed by atoms with Gasteiger partial charge in [-0.25, -0.2) is 0 Å².